The molecule has 0 unspecified atom stereocenters. The Hall–Kier alpha value is -3.03. The molecule has 0 radical (unpaired) electrons. The number of H-pyrrole nitrogens is 1. The van der Waals surface area contributed by atoms with Gasteiger partial charge in [0.2, 0.25) is 11.8 Å². The molecule has 0 saturated heterocycles. The molecule has 0 bridgehead atoms. The third-order valence-electron chi connectivity index (χ3n) is 3.23. The molecule has 3 aromatic heterocycles. The molecular weight excluding hydrogens is 296 g/mol. The topological polar surface area (TPSA) is 98.6 Å². The fraction of sp³-hybridized carbons (Fsp3) is 0.267. The van der Waals surface area contributed by atoms with Crippen LogP contribution in [0.3, 0.4) is 0 Å². The van der Waals surface area contributed by atoms with E-state index in [0.717, 1.165) is 0 Å². The predicted octanol–water partition coefficient (Wildman–Crippen LogP) is 1.45. The maximum Gasteiger partial charge on any atom is 0.259 e. The molecule has 1 N–H and O–H groups in total. The summed E-state index contributed by atoms with van der Waals surface area (Å²) < 4.78 is 7.36. The fourth-order valence-corrected chi connectivity index (χ4v) is 2.12. The van der Waals surface area contributed by atoms with Crippen molar-refractivity contribution in [3.05, 3.63) is 58.9 Å². The summed E-state index contributed by atoms with van der Waals surface area (Å²) in [5, 5.41) is 0. The summed E-state index contributed by atoms with van der Waals surface area (Å²) in [5.41, 5.74) is 0.986. The Labute approximate surface area is 132 Å². The molecule has 118 valence electrons. The van der Waals surface area contributed by atoms with Gasteiger partial charge in [-0.1, -0.05) is 13.8 Å². The first-order valence-corrected chi connectivity index (χ1v) is 7.15. The first-order chi connectivity index (χ1) is 11.1. The van der Waals surface area contributed by atoms with Crippen molar-refractivity contribution < 1.29 is 4.74 Å². The molecule has 23 heavy (non-hydrogen) atoms. The Bertz CT molecular complexity index is 827. The van der Waals surface area contributed by atoms with Crippen molar-refractivity contribution in [2.45, 2.75) is 26.4 Å². The SMILES string of the molecule is CC(C)c1c(OCc2ccncn2)nc(-n2ccnc2)[nH]c1=O. The highest BCUT2D eigenvalue weighted by Crippen LogP contribution is 2.21. The predicted molar refractivity (Wildman–Crippen MR) is 82.4 cm³/mol. The average molecular weight is 312 g/mol. The number of imidazole rings is 1. The van der Waals surface area contributed by atoms with E-state index in [1.807, 2.05) is 13.8 Å². The Morgan fingerprint density at radius 3 is 2.83 bits per heavy atom. The molecule has 8 nitrogen and oxygen atoms in total. The van der Waals surface area contributed by atoms with Crippen LogP contribution in [0.2, 0.25) is 0 Å². The van der Waals surface area contributed by atoms with Gasteiger partial charge < -0.3 is 4.74 Å². The van der Waals surface area contributed by atoms with Gasteiger partial charge in [-0.05, 0) is 12.0 Å². The maximum atomic E-state index is 12.4. The van der Waals surface area contributed by atoms with Crippen molar-refractivity contribution in [3.63, 3.8) is 0 Å². The molecule has 0 amide bonds. The number of nitrogens with one attached hydrogen (secondary N) is 1. The van der Waals surface area contributed by atoms with Crippen LogP contribution in [0, 0.1) is 0 Å². The third-order valence-corrected chi connectivity index (χ3v) is 3.23. The zero-order valence-electron chi connectivity index (χ0n) is 12.8. The number of nitrogens with zero attached hydrogens (tertiary/aromatic N) is 5. The van der Waals surface area contributed by atoms with E-state index in [9.17, 15) is 4.79 Å². The molecule has 0 spiro atoms. The molecular formula is C15H16N6O2. The molecule has 0 aliphatic carbocycles. The molecule has 3 rings (SSSR count). The molecule has 3 aromatic rings. The highest BCUT2D eigenvalue weighted by Gasteiger charge is 2.17. The summed E-state index contributed by atoms with van der Waals surface area (Å²) >= 11 is 0. The zero-order chi connectivity index (χ0) is 16.2. The van der Waals surface area contributed by atoms with Crippen molar-refractivity contribution in [1.29, 1.82) is 0 Å². The molecule has 3 heterocycles. The zero-order valence-corrected chi connectivity index (χ0v) is 12.8. The highest BCUT2D eigenvalue weighted by molar-refractivity contribution is 5.30. The van der Waals surface area contributed by atoms with Gasteiger partial charge in [-0.2, -0.15) is 4.98 Å². The Kier molecular flexibility index (Phi) is 4.13. The minimum Gasteiger partial charge on any atom is -0.471 e. The lowest BCUT2D eigenvalue weighted by Gasteiger charge is -2.13. The summed E-state index contributed by atoms with van der Waals surface area (Å²) in [6.07, 6.45) is 7.95. The van der Waals surface area contributed by atoms with Crippen LogP contribution in [0.25, 0.3) is 5.95 Å². The summed E-state index contributed by atoms with van der Waals surface area (Å²) in [6, 6.07) is 1.75. The Morgan fingerprint density at radius 1 is 1.30 bits per heavy atom. The van der Waals surface area contributed by atoms with E-state index >= 15 is 0 Å². The van der Waals surface area contributed by atoms with Crippen LogP contribution in [-0.2, 0) is 6.61 Å². The van der Waals surface area contributed by atoms with Gasteiger partial charge in [-0.3, -0.25) is 14.3 Å². The second-order valence-electron chi connectivity index (χ2n) is 5.22. The molecule has 0 aliphatic heterocycles. The van der Waals surface area contributed by atoms with E-state index in [2.05, 4.69) is 24.9 Å². The van der Waals surface area contributed by atoms with E-state index in [4.69, 9.17) is 4.74 Å². The quantitative estimate of drug-likeness (QED) is 0.765. The van der Waals surface area contributed by atoms with Crippen molar-refractivity contribution >= 4 is 0 Å². The van der Waals surface area contributed by atoms with E-state index in [-0.39, 0.29) is 18.1 Å². The van der Waals surface area contributed by atoms with Crippen molar-refractivity contribution in [3.8, 4) is 11.8 Å². The summed E-state index contributed by atoms with van der Waals surface area (Å²) in [5.74, 6) is 0.629. The molecule has 0 saturated carbocycles. The van der Waals surface area contributed by atoms with Gasteiger partial charge in [0.15, 0.2) is 0 Å². The van der Waals surface area contributed by atoms with Crippen LogP contribution in [-0.4, -0.2) is 29.5 Å². The highest BCUT2D eigenvalue weighted by atomic mass is 16.5. The van der Waals surface area contributed by atoms with Gasteiger partial charge in [0.25, 0.3) is 5.56 Å². The molecule has 0 aromatic carbocycles. The number of ether oxygens (including phenoxy) is 1. The molecule has 0 fully saturated rings. The fourth-order valence-electron chi connectivity index (χ4n) is 2.12. The lowest BCUT2D eigenvalue weighted by Crippen LogP contribution is -2.20. The van der Waals surface area contributed by atoms with Crippen molar-refractivity contribution in [2.75, 3.05) is 0 Å². The Balaban J connectivity index is 1.97. The van der Waals surface area contributed by atoms with Crippen LogP contribution in [0.4, 0.5) is 0 Å². The number of rotatable bonds is 5. The number of hydrogen-bond acceptors (Lipinski definition) is 6. The van der Waals surface area contributed by atoms with E-state index in [1.165, 1.54) is 6.33 Å². The molecule has 8 heteroatoms. The normalized spacial score (nSPS) is 10.9. The van der Waals surface area contributed by atoms with E-state index in [0.29, 0.717) is 23.1 Å². The van der Waals surface area contributed by atoms with Crippen molar-refractivity contribution in [1.82, 2.24) is 29.5 Å². The second-order valence-corrected chi connectivity index (χ2v) is 5.22. The molecule has 0 atom stereocenters. The van der Waals surface area contributed by atoms with Gasteiger partial charge in [0, 0.05) is 18.6 Å². The Morgan fingerprint density at radius 2 is 2.17 bits per heavy atom. The average Bonchev–Trinajstić information content (AvgIpc) is 3.07. The van der Waals surface area contributed by atoms with Gasteiger partial charge >= 0.3 is 0 Å². The van der Waals surface area contributed by atoms with Gasteiger partial charge in [-0.15, -0.1) is 0 Å². The van der Waals surface area contributed by atoms with Crippen molar-refractivity contribution in [2.24, 2.45) is 0 Å². The van der Waals surface area contributed by atoms with Gasteiger partial charge in [0.1, 0.15) is 19.3 Å². The summed E-state index contributed by atoms with van der Waals surface area (Å²) in [6.45, 7) is 4.05. The van der Waals surface area contributed by atoms with Crippen LogP contribution in [0.1, 0.15) is 31.0 Å². The van der Waals surface area contributed by atoms with Crippen LogP contribution in [0.15, 0.2) is 42.1 Å². The first-order valence-electron chi connectivity index (χ1n) is 7.15. The smallest absolute Gasteiger partial charge is 0.259 e. The lowest BCUT2D eigenvalue weighted by atomic mass is 10.1. The number of hydrogen-bond donors (Lipinski definition) is 1. The van der Waals surface area contributed by atoms with E-state index < -0.39 is 0 Å². The summed E-state index contributed by atoms with van der Waals surface area (Å²) in [7, 11) is 0. The minimum absolute atomic E-state index is 0.0245. The number of aromatic amines is 1. The molecule has 0 aliphatic rings. The lowest BCUT2D eigenvalue weighted by molar-refractivity contribution is 0.283. The number of aromatic nitrogens is 6. The van der Waals surface area contributed by atoms with Crippen LogP contribution in [0.5, 0.6) is 5.88 Å². The van der Waals surface area contributed by atoms with Crippen LogP contribution < -0.4 is 10.3 Å². The van der Waals surface area contributed by atoms with Gasteiger partial charge in [-0.25, -0.2) is 15.0 Å². The maximum absolute atomic E-state index is 12.4. The largest absolute Gasteiger partial charge is 0.471 e. The monoisotopic (exact) mass is 312 g/mol. The van der Waals surface area contributed by atoms with Crippen LogP contribution >= 0.6 is 0 Å². The first kappa shape index (κ1) is 14.9. The van der Waals surface area contributed by atoms with E-state index in [1.54, 1.807) is 35.6 Å². The summed E-state index contributed by atoms with van der Waals surface area (Å²) in [4.78, 5) is 31.4. The van der Waals surface area contributed by atoms with Gasteiger partial charge in [0.05, 0.1) is 11.3 Å². The third kappa shape index (κ3) is 3.25. The second kappa shape index (κ2) is 6.39. The standard InChI is InChI=1S/C15H16N6O2/c1-10(2)12-13(22)19-15(21-6-5-17-9-21)20-14(12)23-7-11-3-4-16-8-18-11/h3-6,8-10H,7H2,1-2H3,(H,19,20,22). The minimum atomic E-state index is -0.226.